The molecule has 4 N–H and O–H groups in total. The van der Waals surface area contributed by atoms with Crippen molar-refractivity contribution in [3.8, 4) is 11.5 Å². The summed E-state index contributed by atoms with van der Waals surface area (Å²) in [5, 5.41) is 5.34. The summed E-state index contributed by atoms with van der Waals surface area (Å²) in [4.78, 5) is 28.6. The summed E-state index contributed by atoms with van der Waals surface area (Å²) in [6, 6.07) is 7.84. The van der Waals surface area contributed by atoms with Crippen LogP contribution in [0.2, 0.25) is 0 Å². The minimum atomic E-state index is -2.28. The molecule has 0 aliphatic heterocycles. The summed E-state index contributed by atoms with van der Waals surface area (Å²) < 4.78 is 17.2. The van der Waals surface area contributed by atoms with Crippen molar-refractivity contribution in [3.63, 3.8) is 0 Å². The van der Waals surface area contributed by atoms with E-state index in [1.807, 2.05) is 13.8 Å². The fourth-order valence-electron chi connectivity index (χ4n) is 2.74. The van der Waals surface area contributed by atoms with Crippen LogP contribution in [0.15, 0.2) is 36.5 Å². The molecular formula is C21H29N4O5P. The molecule has 9 nitrogen and oxygen atoms in total. The van der Waals surface area contributed by atoms with E-state index in [9.17, 15) is 9.59 Å². The molecule has 0 bridgehead atoms. The van der Waals surface area contributed by atoms with E-state index in [0.717, 1.165) is 0 Å². The molecule has 0 saturated carbocycles. The summed E-state index contributed by atoms with van der Waals surface area (Å²) in [7, 11) is -0.763. The third-order valence-corrected chi connectivity index (χ3v) is 6.50. The molecule has 0 aliphatic rings. The Balaban J connectivity index is 2.15. The average molecular weight is 448 g/mol. The zero-order valence-electron chi connectivity index (χ0n) is 18.0. The lowest BCUT2D eigenvalue weighted by Gasteiger charge is -2.23. The highest BCUT2D eigenvalue weighted by Crippen LogP contribution is 2.46. The fourth-order valence-corrected chi connectivity index (χ4v) is 4.47. The summed E-state index contributed by atoms with van der Waals surface area (Å²) in [6.07, 6.45) is 5.99. The number of rotatable bonds is 11. The predicted molar refractivity (Wildman–Crippen MR) is 123 cm³/mol. The van der Waals surface area contributed by atoms with E-state index in [1.165, 1.54) is 25.4 Å². The van der Waals surface area contributed by atoms with Crippen molar-refractivity contribution in [2.45, 2.75) is 13.8 Å². The maximum atomic E-state index is 12.8. The van der Waals surface area contributed by atoms with Gasteiger partial charge in [-0.1, -0.05) is 6.30 Å². The van der Waals surface area contributed by atoms with Gasteiger partial charge in [-0.05, 0) is 38.1 Å². The summed E-state index contributed by atoms with van der Waals surface area (Å²) in [5.41, 5.74) is 6.75. The van der Waals surface area contributed by atoms with E-state index in [2.05, 4.69) is 21.9 Å². The highest BCUT2D eigenvalue weighted by Gasteiger charge is 2.18. The number of benzene rings is 1. The van der Waals surface area contributed by atoms with Gasteiger partial charge >= 0.3 is 0 Å². The molecular weight excluding hydrogens is 419 g/mol. The molecule has 1 aromatic heterocycles. The molecule has 0 fully saturated rings. The van der Waals surface area contributed by atoms with Crippen molar-refractivity contribution in [1.29, 1.82) is 0 Å². The summed E-state index contributed by atoms with van der Waals surface area (Å²) in [6.45, 7) is 5.05. The number of ether oxygens (including phenoxy) is 1. The number of hydrogen-bond donors (Lipinski definition) is 3. The van der Waals surface area contributed by atoms with Crippen molar-refractivity contribution >= 4 is 31.1 Å². The molecule has 2 aromatic rings. The van der Waals surface area contributed by atoms with E-state index >= 15 is 0 Å². The van der Waals surface area contributed by atoms with Crippen LogP contribution in [0.3, 0.4) is 0 Å². The second kappa shape index (κ2) is 11.5. The zero-order valence-corrected chi connectivity index (χ0v) is 18.9. The van der Waals surface area contributed by atoms with Crippen LogP contribution in [-0.2, 0) is 9.05 Å². The number of nitrogens with two attached hydrogens (primary N) is 1. The number of nitrogen functional groups attached to an aromatic ring is 1. The molecule has 10 heteroatoms. The number of aromatic nitrogens is 1. The molecule has 0 saturated heterocycles. The van der Waals surface area contributed by atoms with Crippen LogP contribution in [0.4, 0.5) is 5.69 Å². The molecule has 0 atom stereocenters. The smallest absolute Gasteiger partial charge is 0.269 e. The Labute approximate surface area is 182 Å². The number of anilines is 1. The SMILES string of the molecule is C=P(CCNC(=O)c1cc(N)ccc1Oc1ccnc(C(=O)NC)c1)(OCC)OCC. The number of carbonyl (C=O) groups is 2. The normalized spacial score (nSPS) is 11.1. The molecule has 0 radical (unpaired) electrons. The van der Waals surface area contributed by atoms with Gasteiger partial charge in [-0.15, -0.1) is 0 Å². The molecule has 0 aliphatic carbocycles. The highest BCUT2D eigenvalue weighted by atomic mass is 31.2. The zero-order chi connectivity index (χ0) is 22.9. The number of carbonyl (C=O) groups excluding carboxylic acids is 2. The Morgan fingerprint density at radius 3 is 2.48 bits per heavy atom. The number of nitrogens with zero attached hydrogens (tertiary/aromatic N) is 1. The van der Waals surface area contributed by atoms with Crippen LogP contribution < -0.4 is 21.1 Å². The van der Waals surface area contributed by atoms with Gasteiger partial charge in [0.05, 0.1) is 18.8 Å². The Hall–Kier alpha value is -2.87. The third kappa shape index (κ3) is 7.10. The summed E-state index contributed by atoms with van der Waals surface area (Å²) >= 11 is 0. The lowest BCUT2D eigenvalue weighted by atomic mass is 10.1. The number of nitrogens with one attached hydrogen (secondary N) is 2. The van der Waals surface area contributed by atoms with Crippen molar-refractivity contribution in [2.24, 2.45) is 0 Å². The van der Waals surface area contributed by atoms with Crippen LogP contribution in [0, 0.1) is 0 Å². The van der Waals surface area contributed by atoms with Gasteiger partial charge in [0.1, 0.15) is 24.5 Å². The van der Waals surface area contributed by atoms with E-state index in [0.29, 0.717) is 43.1 Å². The molecule has 168 valence electrons. The first-order valence-corrected chi connectivity index (χ1v) is 11.9. The summed E-state index contributed by atoms with van der Waals surface area (Å²) in [5.74, 6) is -0.0411. The van der Waals surface area contributed by atoms with Crippen LogP contribution in [0.25, 0.3) is 0 Å². The first kappa shape index (κ1) is 24.4. The van der Waals surface area contributed by atoms with E-state index in [-0.39, 0.29) is 23.1 Å². The monoisotopic (exact) mass is 448 g/mol. The van der Waals surface area contributed by atoms with Crippen LogP contribution >= 0.6 is 7.34 Å². The molecule has 0 spiro atoms. The van der Waals surface area contributed by atoms with E-state index in [1.54, 1.807) is 18.2 Å². The molecule has 2 amide bonds. The highest BCUT2D eigenvalue weighted by molar-refractivity contribution is 7.64. The standard InChI is InChI=1S/C21H29N4O5P/c1-5-28-31(4,29-6-2)12-11-25-20(26)17-13-15(22)7-8-19(17)30-16-9-10-24-18(14-16)21(27)23-3/h7-10,13-14H,4-6,11-12,22H2,1-3H3,(H,23,27)(H,25,26). The van der Waals surface area contributed by atoms with Crippen molar-refractivity contribution in [1.82, 2.24) is 15.6 Å². The van der Waals surface area contributed by atoms with Gasteiger partial charge in [0.15, 0.2) is 0 Å². The third-order valence-electron chi connectivity index (χ3n) is 4.13. The van der Waals surface area contributed by atoms with Gasteiger partial charge in [-0.25, -0.2) is 0 Å². The molecule has 1 aromatic carbocycles. The molecule has 2 rings (SSSR count). The maximum absolute atomic E-state index is 12.8. The number of amides is 2. The second-order valence-corrected chi connectivity index (χ2v) is 9.04. The van der Waals surface area contributed by atoms with E-state index < -0.39 is 7.34 Å². The second-order valence-electron chi connectivity index (χ2n) is 6.44. The topological polar surface area (TPSA) is 125 Å². The Kier molecular flexibility index (Phi) is 9.05. The van der Waals surface area contributed by atoms with Crippen LogP contribution in [0.5, 0.6) is 11.5 Å². The fraction of sp³-hybridized carbons (Fsp3) is 0.333. The Morgan fingerprint density at radius 1 is 1.13 bits per heavy atom. The van der Waals surface area contributed by atoms with Gasteiger partial charge in [-0.3, -0.25) is 14.6 Å². The van der Waals surface area contributed by atoms with Gasteiger partial charge < -0.3 is 30.2 Å². The van der Waals surface area contributed by atoms with Crippen molar-refractivity contribution in [3.05, 3.63) is 47.8 Å². The van der Waals surface area contributed by atoms with Gasteiger partial charge in [0, 0.05) is 37.7 Å². The number of hydrogen-bond acceptors (Lipinski definition) is 7. The molecule has 31 heavy (non-hydrogen) atoms. The minimum Gasteiger partial charge on any atom is -0.456 e. The van der Waals surface area contributed by atoms with Crippen LogP contribution in [0.1, 0.15) is 34.7 Å². The van der Waals surface area contributed by atoms with Crippen molar-refractivity contribution < 1.29 is 23.4 Å². The minimum absolute atomic E-state index is 0.198. The Morgan fingerprint density at radius 2 is 1.84 bits per heavy atom. The lowest BCUT2D eigenvalue weighted by Crippen LogP contribution is -2.27. The largest absolute Gasteiger partial charge is 0.456 e. The predicted octanol–water partition coefficient (Wildman–Crippen LogP) is 2.90. The first-order chi connectivity index (χ1) is 14.8. The van der Waals surface area contributed by atoms with Gasteiger partial charge in [-0.2, -0.15) is 0 Å². The quantitative estimate of drug-likeness (QED) is 0.357. The first-order valence-electron chi connectivity index (χ1n) is 9.87. The average Bonchev–Trinajstić information content (AvgIpc) is 2.74. The molecule has 1 heterocycles. The lowest BCUT2D eigenvalue weighted by molar-refractivity contribution is 0.0946. The maximum Gasteiger partial charge on any atom is 0.269 e. The van der Waals surface area contributed by atoms with Crippen LogP contribution in [-0.4, -0.2) is 56.1 Å². The molecule has 0 unspecified atom stereocenters. The van der Waals surface area contributed by atoms with Gasteiger partial charge in [0.2, 0.25) is 0 Å². The van der Waals surface area contributed by atoms with Gasteiger partial charge in [0.25, 0.3) is 11.8 Å². The number of pyridine rings is 1. The van der Waals surface area contributed by atoms with Crippen molar-refractivity contribution in [2.75, 3.05) is 38.7 Å². The van der Waals surface area contributed by atoms with E-state index in [4.69, 9.17) is 19.5 Å². The Bertz CT molecular complexity index is 957.